The second-order valence-electron chi connectivity index (χ2n) is 5.57. The number of benzene rings is 1. The third-order valence-electron chi connectivity index (χ3n) is 4.09. The van der Waals surface area contributed by atoms with Crippen LogP contribution < -0.4 is 11.1 Å². The van der Waals surface area contributed by atoms with Crippen LogP contribution in [-0.4, -0.2) is 22.3 Å². The molecule has 3 rings (SSSR count). The predicted molar refractivity (Wildman–Crippen MR) is 78.1 cm³/mol. The SMILES string of the molecule is CC(CN)(Nc1c(C#N)nnc2ccccc12)C1CC1. The lowest BCUT2D eigenvalue weighted by molar-refractivity contribution is 0.459. The number of nitrogens with two attached hydrogens (primary N) is 1. The Balaban J connectivity index is 2.11. The molecule has 1 aliphatic rings. The van der Waals surface area contributed by atoms with Crippen molar-refractivity contribution in [2.24, 2.45) is 11.7 Å². The minimum atomic E-state index is -0.197. The summed E-state index contributed by atoms with van der Waals surface area (Å²) >= 11 is 0. The number of anilines is 1. The van der Waals surface area contributed by atoms with Gasteiger partial charge in [-0.25, -0.2) is 0 Å². The fourth-order valence-corrected chi connectivity index (χ4v) is 2.58. The lowest BCUT2D eigenvalue weighted by Crippen LogP contribution is -2.45. The Morgan fingerprint density at radius 2 is 2.15 bits per heavy atom. The van der Waals surface area contributed by atoms with Gasteiger partial charge in [-0.05, 0) is 31.7 Å². The van der Waals surface area contributed by atoms with E-state index in [4.69, 9.17) is 5.73 Å². The van der Waals surface area contributed by atoms with Gasteiger partial charge in [0.2, 0.25) is 0 Å². The molecule has 0 bridgehead atoms. The quantitative estimate of drug-likeness (QED) is 0.885. The maximum atomic E-state index is 9.28. The molecule has 5 nitrogen and oxygen atoms in total. The lowest BCUT2D eigenvalue weighted by Gasteiger charge is -2.31. The fourth-order valence-electron chi connectivity index (χ4n) is 2.58. The first kappa shape index (κ1) is 12.8. The van der Waals surface area contributed by atoms with Crippen molar-refractivity contribution in [1.82, 2.24) is 10.2 Å². The van der Waals surface area contributed by atoms with Gasteiger partial charge in [0.15, 0.2) is 5.69 Å². The van der Waals surface area contributed by atoms with E-state index < -0.39 is 0 Å². The topological polar surface area (TPSA) is 87.6 Å². The van der Waals surface area contributed by atoms with Gasteiger partial charge in [0, 0.05) is 17.5 Å². The normalized spacial score (nSPS) is 17.4. The third-order valence-corrected chi connectivity index (χ3v) is 4.09. The third kappa shape index (κ3) is 2.08. The van der Waals surface area contributed by atoms with E-state index in [9.17, 15) is 5.26 Å². The van der Waals surface area contributed by atoms with E-state index in [0.717, 1.165) is 16.6 Å². The van der Waals surface area contributed by atoms with Crippen molar-refractivity contribution in [3.63, 3.8) is 0 Å². The second-order valence-corrected chi connectivity index (χ2v) is 5.57. The molecule has 1 aliphatic carbocycles. The summed E-state index contributed by atoms with van der Waals surface area (Å²) < 4.78 is 0. The van der Waals surface area contributed by atoms with E-state index in [1.54, 1.807) is 0 Å². The van der Waals surface area contributed by atoms with Crippen molar-refractivity contribution < 1.29 is 0 Å². The van der Waals surface area contributed by atoms with E-state index in [-0.39, 0.29) is 5.54 Å². The summed E-state index contributed by atoms with van der Waals surface area (Å²) in [6, 6.07) is 9.82. The van der Waals surface area contributed by atoms with Crippen LogP contribution in [0.3, 0.4) is 0 Å². The Hall–Kier alpha value is -2.19. The van der Waals surface area contributed by atoms with Crippen molar-refractivity contribution in [3.05, 3.63) is 30.0 Å². The molecule has 1 atom stereocenters. The Morgan fingerprint density at radius 1 is 1.40 bits per heavy atom. The van der Waals surface area contributed by atoms with Crippen LogP contribution >= 0.6 is 0 Å². The Kier molecular flexibility index (Phi) is 3.03. The Labute approximate surface area is 117 Å². The van der Waals surface area contributed by atoms with Crippen molar-refractivity contribution in [3.8, 4) is 6.07 Å². The first-order valence-electron chi connectivity index (χ1n) is 6.82. The number of hydrogen-bond donors (Lipinski definition) is 2. The number of rotatable bonds is 4. The molecule has 1 aromatic carbocycles. The van der Waals surface area contributed by atoms with Gasteiger partial charge in [-0.2, -0.15) is 5.26 Å². The van der Waals surface area contributed by atoms with Gasteiger partial charge in [-0.1, -0.05) is 18.2 Å². The molecule has 1 aromatic heterocycles. The van der Waals surface area contributed by atoms with Crippen molar-refractivity contribution in [2.45, 2.75) is 25.3 Å². The van der Waals surface area contributed by atoms with Gasteiger partial charge < -0.3 is 11.1 Å². The highest BCUT2D eigenvalue weighted by Gasteiger charge is 2.41. The van der Waals surface area contributed by atoms with E-state index in [1.807, 2.05) is 24.3 Å². The van der Waals surface area contributed by atoms with Crippen molar-refractivity contribution >= 4 is 16.6 Å². The zero-order valence-corrected chi connectivity index (χ0v) is 11.4. The second kappa shape index (κ2) is 4.73. The molecule has 3 N–H and O–H groups in total. The summed E-state index contributed by atoms with van der Waals surface area (Å²) in [5.74, 6) is 0.561. The first-order chi connectivity index (χ1) is 9.68. The number of nitrogens with zero attached hydrogens (tertiary/aromatic N) is 3. The molecule has 20 heavy (non-hydrogen) atoms. The smallest absolute Gasteiger partial charge is 0.186 e. The van der Waals surface area contributed by atoms with Crippen LogP contribution in [-0.2, 0) is 0 Å². The summed E-state index contributed by atoms with van der Waals surface area (Å²) in [4.78, 5) is 0. The molecule has 5 heteroatoms. The summed E-state index contributed by atoms with van der Waals surface area (Å²) in [6.45, 7) is 2.64. The molecular formula is C15H17N5. The number of hydrogen-bond acceptors (Lipinski definition) is 5. The molecule has 1 heterocycles. The van der Waals surface area contributed by atoms with Crippen LogP contribution in [0.15, 0.2) is 24.3 Å². The minimum absolute atomic E-state index is 0.197. The van der Waals surface area contributed by atoms with Crippen LogP contribution in [0.5, 0.6) is 0 Å². The van der Waals surface area contributed by atoms with Gasteiger partial charge in [0.1, 0.15) is 6.07 Å². The van der Waals surface area contributed by atoms with Crippen LogP contribution in [0.25, 0.3) is 10.9 Å². The molecule has 0 amide bonds. The first-order valence-corrected chi connectivity index (χ1v) is 6.82. The summed E-state index contributed by atoms with van der Waals surface area (Å²) in [7, 11) is 0. The molecule has 1 unspecified atom stereocenters. The largest absolute Gasteiger partial charge is 0.375 e. The van der Waals surface area contributed by atoms with Gasteiger partial charge in [0.05, 0.1) is 11.2 Å². The van der Waals surface area contributed by atoms with Crippen LogP contribution in [0.1, 0.15) is 25.5 Å². The monoisotopic (exact) mass is 267 g/mol. The molecule has 2 aromatic rings. The van der Waals surface area contributed by atoms with E-state index in [1.165, 1.54) is 12.8 Å². The number of aromatic nitrogens is 2. The Bertz CT molecular complexity index is 686. The van der Waals surface area contributed by atoms with Crippen LogP contribution in [0, 0.1) is 17.2 Å². The maximum absolute atomic E-state index is 9.28. The van der Waals surface area contributed by atoms with Gasteiger partial charge in [-0.15, -0.1) is 10.2 Å². The zero-order valence-electron chi connectivity index (χ0n) is 11.4. The zero-order chi connectivity index (χ0) is 14.2. The summed E-state index contributed by atoms with van der Waals surface area (Å²) in [5, 5.41) is 21.8. The number of nitriles is 1. The number of nitrogens with one attached hydrogen (secondary N) is 1. The van der Waals surface area contributed by atoms with E-state index in [0.29, 0.717) is 18.2 Å². The lowest BCUT2D eigenvalue weighted by atomic mass is 9.95. The van der Waals surface area contributed by atoms with Crippen LogP contribution in [0.2, 0.25) is 0 Å². The molecule has 1 saturated carbocycles. The molecular weight excluding hydrogens is 250 g/mol. The summed E-state index contributed by atoms with van der Waals surface area (Å²) in [6.07, 6.45) is 2.36. The average molecular weight is 267 g/mol. The molecule has 0 saturated heterocycles. The standard InChI is InChI=1S/C15H17N5/c1-15(9-17,10-6-7-10)18-14-11-4-2-3-5-12(11)19-20-13(14)8-16/h2-5,10H,6-7,9,17H2,1H3,(H,18,19). The minimum Gasteiger partial charge on any atom is -0.375 e. The van der Waals surface area contributed by atoms with E-state index >= 15 is 0 Å². The average Bonchev–Trinajstić information content (AvgIpc) is 3.32. The predicted octanol–water partition coefficient (Wildman–Crippen LogP) is 2.04. The van der Waals surface area contributed by atoms with Gasteiger partial charge >= 0.3 is 0 Å². The number of fused-ring (bicyclic) bond motifs is 1. The molecule has 0 radical (unpaired) electrons. The van der Waals surface area contributed by atoms with Crippen LogP contribution in [0.4, 0.5) is 5.69 Å². The fraction of sp³-hybridized carbons (Fsp3) is 0.400. The molecule has 102 valence electrons. The molecule has 1 fully saturated rings. The van der Waals surface area contributed by atoms with Crippen molar-refractivity contribution in [1.29, 1.82) is 5.26 Å². The van der Waals surface area contributed by atoms with E-state index in [2.05, 4.69) is 28.5 Å². The summed E-state index contributed by atoms with van der Waals surface area (Å²) in [5.41, 5.74) is 7.61. The highest BCUT2D eigenvalue weighted by atomic mass is 15.1. The molecule has 0 spiro atoms. The maximum Gasteiger partial charge on any atom is 0.186 e. The van der Waals surface area contributed by atoms with Crippen molar-refractivity contribution in [2.75, 3.05) is 11.9 Å². The molecule has 0 aliphatic heterocycles. The van der Waals surface area contributed by atoms with Gasteiger partial charge in [-0.3, -0.25) is 0 Å². The Morgan fingerprint density at radius 3 is 2.80 bits per heavy atom. The highest BCUT2D eigenvalue weighted by molar-refractivity contribution is 5.93. The van der Waals surface area contributed by atoms with Gasteiger partial charge in [0.25, 0.3) is 0 Å². The highest BCUT2D eigenvalue weighted by Crippen LogP contribution is 2.42.